The Labute approximate surface area is 271 Å². The van der Waals surface area contributed by atoms with Gasteiger partial charge in [-0.05, 0) is 129 Å². The Morgan fingerprint density at radius 2 is 0.543 bits per heavy atom. The SMILES string of the molecule is Cc1ccc(-c2c(-c3ccc(C)cc3)c(-c3ccc(C)cc3)c3cc4cc5ccccc5cc4cc3c2-c2ccc(C)cc2)cc1. The Balaban J connectivity index is 1.65. The van der Waals surface area contributed by atoms with Crippen LogP contribution < -0.4 is 0 Å². The molecule has 0 aliphatic rings. The molecule has 0 unspecified atom stereocenters. The van der Waals surface area contributed by atoms with Gasteiger partial charge in [0.15, 0.2) is 0 Å². The molecule has 0 aromatic heterocycles. The zero-order chi connectivity index (χ0) is 31.4. The van der Waals surface area contributed by atoms with Crippen molar-refractivity contribution in [3.8, 4) is 44.5 Å². The van der Waals surface area contributed by atoms with Crippen LogP contribution in [0.1, 0.15) is 22.3 Å². The number of hydrogen-bond acceptors (Lipinski definition) is 0. The summed E-state index contributed by atoms with van der Waals surface area (Å²) >= 11 is 0. The molecule has 0 fully saturated rings. The van der Waals surface area contributed by atoms with Crippen LogP contribution in [0.4, 0.5) is 0 Å². The molecule has 0 aliphatic heterocycles. The van der Waals surface area contributed by atoms with Gasteiger partial charge in [0.1, 0.15) is 0 Å². The number of benzene rings is 8. The first kappa shape index (κ1) is 28.0. The van der Waals surface area contributed by atoms with Gasteiger partial charge in [0.2, 0.25) is 0 Å². The molecule has 0 N–H and O–H groups in total. The first-order chi connectivity index (χ1) is 22.4. The Kier molecular flexibility index (Phi) is 6.80. The van der Waals surface area contributed by atoms with Crippen LogP contribution in [0.2, 0.25) is 0 Å². The van der Waals surface area contributed by atoms with Crippen molar-refractivity contribution in [3.05, 3.63) is 168 Å². The van der Waals surface area contributed by atoms with Crippen LogP contribution >= 0.6 is 0 Å². The maximum atomic E-state index is 2.45. The largest absolute Gasteiger partial charge is 0.0616 e. The van der Waals surface area contributed by atoms with Crippen LogP contribution in [-0.4, -0.2) is 0 Å². The second-order valence-corrected chi connectivity index (χ2v) is 12.9. The van der Waals surface area contributed by atoms with Gasteiger partial charge in [0.25, 0.3) is 0 Å². The fourth-order valence-electron chi connectivity index (χ4n) is 6.98. The van der Waals surface area contributed by atoms with Gasteiger partial charge in [-0.15, -0.1) is 0 Å². The molecule has 0 nitrogen and oxygen atoms in total. The molecule has 220 valence electrons. The molecular formula is C46H36. The molecule has 8 aromatic rings. The minimum atomic E-state index is 1.23. The molecule has 8 aromatic carbocycles. The van der Waals surface area contributed by atoms with Crippen LogP contribution in [-0.2, 0) is 0 Å². The number of fused-ring (bicyclic) bond motifs is 3. The number of aryl methyl sites for hydroxylation is 4. The van der Waals surface area contributed by atoms with Gasteiger partial charge < -0.3 is 0 Å². The summed E-state index contributed by atoms with van der Waals surface area (Å²) < 4.78 is 0. The van der Waals surface area contributed by atoms with Crippen LogP contribution in [0.25, 0.3) is 76.8 Å². The Bertz CT molecular complexity index is 2220. The van der Waals surface area contributed by atoms with Crippen molar-refractivity contribution in [2.24, 2.45) is 0 Å². The average molecular weight is 589 g/mol. The highest BCUT2D eigenvalue weighted by atomic mass is 14.3. The molecule has 0 aliphatic carbocycles. The Morgan fingerprint density at radius 3 is 0.848 bits per heavy atom. The monoisotopic (exact) mass is 588 g/mol. The molecule has 0 atom stereocenters. The predicted octanol–water partition coefficient (Wildman–Crippen LogP) is 13.0. The second-order valence-electron chi connectivity index (χ2n) is 12.9. The van der Waals surface area contributed by atoms with Gasteiger partial charge in [-0.25, -0.2) is 0 Å². The molecule has 0 bridgehead atoms. The normalized spacial score (nSPS) is 11.5. The molecule has 0 radical (unpaired) electrons. The van der Waals surface area contributed by atoms with Crippen molar-refractivity contribution >= 4 is 32.3 Å². The van der Waals surface area contributed by atoms with E-state index < -0.39 is 0 Å². The van der Waals surface area contributed by atoms with Gasteiger partial charge in [-0.1, -0.05) is 144 Å². The summed E-state index contributed by atoms with van der Waals surface area (Å²) in [5, 5.41) is 7.59. The van der Waals surface area contributed by atoms with E-state index in [1.165, 1.54) is 99.1 Å². The van der Waals surface area contributed by atoms with E-state index in [0.29, 0.717) is 0 Å². The van der Waals surface area contributed by atoms with E-state index in [1.54, 1.807) is 0 Å². The lowest BCUT2D eigenvalue weighted by Crippen LogP contribution is -1.98. The van der Waals surface area contributed by atoms with Gasteiger partial charge >= 0.3 is 0 Å². The van der Waals surface area contributed by atoms with Crippen molar-refractivity contribution in [2.45, 2.75) is 27.7 Å². The summed E-state index contributed by atoms with van der Waals surface area (Å²) in [6.07, 6.45) is 0. The highest BCUT2D eigenvalue weighted by Gasteiger charge is 2.24. The van der Waals surface area contributed by atoms with Crippen LogP contribution in [0.15, 0.2) is 146 Å². The van der Waals surface area contributed by atoms with Crippen molar-refractivity contribution in [1.82, 2.24) is 0 Å². The summed E-state index contributed by atoms with van der Waals surface area (Å²) in [5.41, 5.74) is 15.1. The molecule has 0 heteroatoms. The minimum absolute atomic E-state index is 1.23. The maximum Gasteiger partial charge on any atom is -0.00141 e. The highest BCUT2D eigenvalue weighted by molar-refractivity contribution is 6.21. The minimum Gasteiger partial charge on any atom is -0.0616 e. The van der Waals surface area contributed by atoms with E-state index >= 15 is 0 Å². The average Bonchev–Trinajstić information content (AvgIpc) is 3.07. The van der Waals surface area contributed by atoms with Crippen LogP contribution in [0.3, 0.4) is 0 Å². The lowest BCUT2D eigenvalue weighted by Gasteiger charge is -2.25. The van der Waals surface area contributed by atoms with E-state index in [4.69, 9.17) is 0 Å². The van der Waals surface area contributed by atoms with Crippen molar-refractivity contribution in [3.63, 3.8) is 0 Å². The highest BCUT2D eigenvalue weighted by Crippen LogP contribution is 2.51. The topological polar surface area (TPSA) is 0 Å². The fourth-order valence-corrected chi connectivity index (χ4v) is 6.98. The van der Waals surface area contributed by atoms with E-state index in [2.05, 4.69) is 173 Å². The Morgan fingerprint density at radius 1 is 0.261 bits per heavy atom. The summed E-state index contributed by atoms with van der Waals surface area (Å²) in [7, 11) is 0. The first-order valence-electron chi connectivity index (χ1n) is 16.2. The smallest absolute Gasteiger partial charge is 0.00141 e. The van der Waals surface area contributed by atoms with Crippen molar-refractivity contribution in [2.75, 3.05) is 0 Å². The molecule has 0 saturated heterocycles. The predicted molar refractivity (Wildman–Crippen MR) is 200 cm³/mol. The molecule has 0 amide bonds. The summed E-state index contributed by atoms with van der Waals surface area (Å²) in [5.74, 6) is 0. The summed E-state index contributed by atoms with van der Waals surface area (Å²) in [4.78, 5) is 0. The molecule has 0 spiro atoms. The van der Waals surface area contributed by atoms with Crippen molar-refractivity contribution in [1.29, 1.82) is 0 Å². The molecule has 8 rings (SSSR count). The lowest BCUT2D eigenvalue weighted by molar-refractivity contribution is 1.45. The zero-order valence-electron chi connectivity index (χ0n) is 26.9. The fraction of sp³-hybridized carbons (Fsp3) is 0.0870. The quantitative estimate of drug-likeness (QED) is 0.179. The standard InChI is InChI=1S/C46H36/c1-29-9-17-33(18-10-29)43-41-27-39-25-37-7-5-6-8-38(37)26-40(39)28-42(41)44(34-19-11-30(2)12-20-34)46(36-23-15-32(4)16-24-36)45(43)35-21-13-31(3)14-22-35/h5-28H,1-4H3. The summed E-state index contributed by atoms with van der Waals surface area (Å²) in [6.45, 7) is 8.67. The lowest BCUT2D eigenvalue weighted by atomic mass is 9.78. The van der Waals surface area contributed by atoms with E-state index in [9.17, 15) is 0 Å². The van der Waals surface area contributed by atoms with E-state index in [0.717, 1.165) is 0 Å². The molecule has 0 saturated carbocycles. The van der Waals surface area contributed by atoms with Gasteiger partial charge in [-0.3, -0.25) is 0 Å². The van der Waals surface area contributed by atoms with E-state index in [-0.39, 0.29) is 0 Å². The van der Waals surface area contributed by atoms with Crippen molar-refractivity contribution < 1.29 is 0 Å². The number of hydrogen-bond donors (Lipinski definition) is 0. The zero-order valence-corrected chi connectivity index (χ0v) is 26.9. The molecule has 46 heavy (non-hydrogen) atoms. The third-order valence-corrected chi connectivity index (χ3v) is 9.49. The number of rotatable bonds is 4. The van der Waals surface area contributed by atoms with Gasteiger partial charge in [0, 0.05) is 0 Å². The second kappa shape index (κ2) is 11.2. The molecule has 0 heterocycles. The van der Waals surface area contributed by atoms with Gasteiger partial charge in [-0.2, -0.15) is 0 Å². The Hall–Kier alpha value is -5.46. The summed E-state index contributed by atoms with van der Waals surface area (Å²) in [6, 6.07) is 54.7. The van der Waals surface area contributed by atoms with Gasteiger partial charge in [0.05, 0.1) is 0 Å². The molecular weight excluding hydrogens is 553 g/mol. The van der Waals surface area contributed by atoms with E-state index in [1.807, 2.05) is 0 Å². The maximum absolute atomic E-state index is 2.45. The third kappa shape index (κ3) is 4.88. The van der Waals surface area contributed by atoms with Crippen LogP contribution in [0.5, 0.6) is 0 Å². The third-order valence-electron chi connectivity index (χ3n) is 9.49. The van der Waals surface area contributed by atoms with Crippen LogP contribution in [0, 0.1) is 27.7 Å². The first-order valence-corrected chi connectivity index (χ1v) is 16.2.